The predicted octanol–water partition coefficient (Wildman–Crippen LogP) is 2.89. The van der Waals surface area contributed by atoms with E-state index in [9.17, 15) is 9.59 Å². The normalized spacial score (nSPS) is 19.1. The summed E-state index contributed by atoms with van der Waals surface area (Å²) < 4.78 is 7.49. The zero-order valence-corrected chi connectivity index (χ0v) is 17.1. The number of amides is 2. The van der Waals surface area contributed by atoms with Crippen LogP contribution in [0.2, 0.25) is 0 Å². The Balaban J connectivity index is 1.60. The van der Waals surface area contributed by atoms with Crippen LogP contribution in [0.4, 0.5) is 0 Å². The summed E-state index contributed by atoms with van der Waals surface area (Å²) in [5.74, 6) is -0.438. The summed E-state index contributed by atoms with van der Waals surface area (Å²) in [5.41, 5.74) is 2.78. The van der Waals surface area contributed by atoms with Gasteiger partial charge in [0, 0.05) is 19.6 Å². The zero-order chi connectivity index (χ0) is 21.1. The smallest absolute Gasteiger partial charge is 0.270 e. The highest BCUT2D eigenvalue weighted by Gasteiger charge is 2.32. The number of nitriles is 1. The van der Waals surface area contributed by atoms with Crippen LogP contribution in [0.25, 0.3) is 0 Å². The van der Waals surface area contributed by atoms with E-state index in [2.05, 4.69) is 11.4 Å². The highest BCUT2D eigenvalue weighted by Crippen LogP contribution is 2.26. The standard InChI is InChI=1S/C23H26N4O3/c1-2-19(17-6-4-3-5-7-17)25-22(28)18-12-20(27-10-11-30-15-21(18)27)23(29)26-9-8-16(13-24)14-26/h3-7,12,16,19H,2,8-11,14-15H2,1H3,(H,25,28)/t16-,19+/m0/s1. The van der Waals surface area contributed by atoms with Gasteiger partial charge in [0.1, 0.15) is 5.69 Å². The van der Waals surface area contributed by atoms with Crippen molar-refractivity contribution >= 4 is 11.8 Å². The minimum atomic E-state index is -0.199. The number of nitrogens with zero attached hydrogens (tertiary/aromatic N) is 3. The number of likely N-dealkylation sites (tertiary alicyclic amines) is 1. The Bertz CT molecular complexity index is 976. The Morgan fingerprint density at radius 3 is 2.80 bits per heavy atom. The van der Waals surface area contributed by atoms with E-state index in [4.69, 9.17) is 10.00 Å². The number of fused-ring (bicyclic) bond motifs is 1. The third-order valence-corrected chi connectivity index (χ3v) is 5.94. The molecule has 1 fully saturated rings. The summed E-state index contributed by atoms with van der Waals surface area (Å²) in [7, 11) is 0. The third kappa shape index (κ3) is 3.83. The van der Waals surface area contributed by atoms with Crippen molar-refractivity contribution < 1.29 is 14.3 Å². The number of hydrogen-bond acceptors (Lipinski definition) is 4. The van der Waals surface area contributed by atoms with Crippen molar-refractivity contribution in [1.29, 1.82) is 5.26 Å². The van der Waals surface area contributed by atoms with E-state index >= 15 is 0 Å². The summed E-state index contributed by atoms with van der Waals surface area (Å²) in [6.07, 6.45) is 1.46. The molecule has 4 rings (SSSR count). The van der Waals surface area contributed by atoms with E-state index in [1.807, 2.05) is 41.8 Å². The lowest BCUT2D eigenvalue weighted by Crippen LogP contribution is -2.32. The van der Waals surface area contributed by atoms with Crippen LogP contribution in [0.5, 0.6) is 0 Å². The van der Waals surface area contributed by atoms with Gasteiger partial charge < -0.3 is 19.5 Å². The van der Waals surface area contributed by atoms with Crippen LogP contribution in [0.1, 0.15) is 57.9 Å². The molecular formula is C23H26N4O3. The van der Waals surface area contributed by atoms with Crippen molar-refractivity contribution in [2.24, 2.45) is 5.92 Å². The van der Waals surface area contributed by atoms with Gasteiger partial charge in [0.05, 0.1) is 42.5 Å². The molecule has 0 spiro atoms. The quantitative estimate of drug-likeness (QED) is 0.827. The molecule has 1 N–H and O–H groups in total. The number of carbonyl (C=O) groups is 2. The maximum absolute atomic E-state index is 13.2. The number of ether oxygens (including phenoxy) is 1. The molecule has 0 saturated carbocycles. The minimum Gasteiger partial charge on any atom is -0.373 e. The van der Waals surface area contributed by atoms with Gasteiger partial charge in [0.2, 0.25) is 0 Å². The monoisotopic (exact) mass is 406 g/mol. The molecule has 2 amide bonds. The summed E-state index contributed by atoms with van der Waals surface area (Å²) >= 11 is 0. The fraction of sp³-hybridized carbons (Fsp3) is 0.435. The first kappa shape index (κ1) is 20.2. The second kappa shape index (κ2) is 8.72. The highest BCUT2D eigenvalue weighted by molar-refractivity contribution is 6.01. The van der Waals surface area contributed by atoms with Gasteiger partial charge in [-0.2, -0.15) is 5.26 Å². The summed E-state index contributed by atoms with van der Waals surface area (Å²) in [5, 5.41) is 12.3. The van der Waals surface area contributed by atoms with Gasteiger partial charge in [0.25, 0.3) is 11.8 Å². The van der Waals surface area contributed by atoms with Crippen LogP contribution in [0, 0.1) is 17.2 Å². The first-order valence-corrected chi connectivity index (χ1v) is 10.5. The van der Waals surface area contributed by atoms with Gasteiger partial charge in [-0.1, -0.05) is 37.3 Å². The lowest BCUT2D eigenvalue weighted by atomic mass is 10.0. The fourth-order valence-electron chi connectivity index (χ4n) is 4.25. The van der Waals surface area contributed by atoms with E-state index in [0.29, 0.717) is 50.5 Å². The Labute approximate surface area is 176 Å². The van der Waals surface area contributed by atoms with Crippen molar-refractivity contribution in [2.45, 2.75) is 39.0 Å². The van der Waals surface area contributed by atoms with Crippen LogP contribution in [-0.2, 0) is 17.9 Å². The van der Waals surface area contributed by atoms with Crippen molar-refractivity contribution in [3.63, 3.8) is 0 Å². The number of rotatable bonds is 5. The Morgan fingerprint density at radius 1 is 1.30 bits per heavy atom. The molecule has 3 heterocycles. The molecule has 2 aliphatic heterocycles. The SMILES string of the molecule is CC[C@@H](NC(=O)c1cc(C(=O)N2CC[C@@H](C#N)C2)n2c1COCC2)c1ccccc1. The summed E-state index contributed by atoms with van der Waals surface area (Å²) in [6, 6.07) is 13.7. The minimum absolute atomic E-state index is 0.104. The molecule has 0 radical (unpaired) electrons. The second-order valence-electron chi connectivity index (χ2n) is 7.81. The number of carbonyl (C=O) groups excluding carboxylic acids is 2. The summed E-state index contributed by atoms with van der Waals surface area (Å²) in [6.45, 7) is 4.39. The molecule has 1 aromatic carbocycles. The Morgan fingerprint density at radius 2 is 2.10 bits per heavy atom. The van der Waals surface area contributed by atoms with Gasteiger partial charge in [-0.25, -0.2) is 0 Å². The van der Waals surface area contributed by atoms with Crippen molar-refractivity contribution in [2.75, 3.05) is 19.7 Å². The van der Waals surface area contributed by atoms with Gasteiger partial charge in [0.15, 0.2) is 0 Å². The van der Waals surface area contributed by atoms with Crippen LogP contribution in [0.3, 0.4) is 0 Å². The number of benzene rings is 1. The average Bonchev–Trinajstić information content (AvgIpc) is 3.42. The largest absolute Gasteiger partial charge is 0.373 e. The maximum Gasteiger partial charge on any atom is 0.270 e. The lowest BCUT2D eigenvalue weighted by Gasteiger charge is -2.22. The van der Waals surface area contributed by atoms with E-state index in [0.717, 1.165) is 17.7 Å². The first-order valence-electron chi connectivity index (χ1n) is 10.5. The summed E-state index contributed by atoms with van der Waals surface area (Å²) in [4.78, 5) is 28.0. The molecule has 7 heteroatoms. The topological polar surface area (TPSA) is 87.4 Å². The molecule has 1 aromatic heterocycles. The van der Waals surface area contributed by atoms with Crippen LogP contribution < -0.4 is 5.32 Å². The fourth-order valence-corrected chi connectivity index (χ4v) is 4.25. The Hall–Kier alpha value is -3.11. The molecule has 0 aliphatic carbocycles. The Kier molecular flexibility index (Phi) is 5.86. The van der Waals surface area contributed by atoms with Crippen LogP contribution >= 0.6 is 0 Å². The van der Waals surface area contributed by atoms with Gasteiger partial charge in [-0.15, -0.1) is 0 Å². The van der Waals surface area contributed by atoms with E-state index in [1.165, 1.54) is 0 Å². The van der Waals surface area contributed by atoms with E-state index < -0.39 is 0 Å². The van der Waals surface area contributed by atoms with Crippen molar-refractivity contribution in [1.82, 2.24) is 14.8 Å². The molecule has 2 aromatic rings. The molecule has 2 aliphatic rings. The number of hydrogen-bond donors (Lipinski definition) is 1. The number of nitrogens with one attached hydrogen (secondary N) is 1. The van der Waals surface area contributed by atoms with Crippen molar-refractivity contribution in [3.05, 3.63) is 58.9 Å². The number of aromatic nitrogens is 1. The maximum atomic E-state index is 13.2. The second-order valence-corrected chi connectivity index (χ2v) is 7.81. The predicted molar refractivity (Wildman–Crippen MR) is 111 cm³/mol. The molecular weight excluding hydrogens is 380 g/mol. The third-order valence-electron chi connectivity index (χ3n) is 5.94. The van der Waals surface area contributed by atoms with Gasteiger partial charge >= 0.3 is 0 Å². The lowest BCUT2D eigenvalue weighted by molar-refractivity contribution is 0.0712. The van der Waals surface area contributed by atoms with Crippen LogP contribution in [-0.4, -0.2) is 41.0 Å². The highest BCUT2D eigenvalue weighted by atomic mass is 16.5. The van der Waals surface area contributed by atoms with E-state index in [1.54, 1.807) is 11.0 Å². The molecule has 0 bridgehead atoms. The molecule has 7 nitrogen and oxygen atoms in total. The molecule has 156 valence electrons. The molecule has 1 saturated heterocycles. The van der Waals surface area contributed by atoms with Gasteiger partial charge in [-0.3, -0.25) is 9.59 Å². The van der Waals surface area contributed by atoms with Crippen molar-refractivity contribution in [3.8, 4) is 6.07 Å². The molecule has 2 atom stereocenters. The molecule has 30 heavy (non-hydrogen) atoms. The first-order chi connectivity index (χ1) is 14.6. The van der Waals surface area contributed by atoms with E-state index in [-0.39, 0.29) is 23.8 Å². The average molecular weight is 406 g/mol. The van der Waals surface area contributed by atoms with Gasteiger partial charge in [-0.05, 0) is 24.5 Å². The van der Waals surface area contributed by atoms with Crippen LogP contribution in [0.15, 0.2) is 36.4 Å². The zero-order valence-electron chi connectivity index (χ0n) is 17.1. The molecule has 0 unspecified atom stereocenters.